The van der Waals surface area contributed by atoms with Crippen LogP contribution in [0.4, 0.5) is 0 Å². The average molecular weight is 155 g/mol. The van der Waals surface area contributed by atoms with Crippen molar-refractivity contribution in [1.29, 1.82) is 0 Å². The Morgan fingerprint density at radius 2 is 2.18 bits per heavy atom. The Morgan fingerprint density at radius 3 is 2.55 bits per heavy atom. The maximum absolute atomic E-state index is 9.05. The lowest BCUT2D eigenvalue weighted by Crippen LogP contribution is -2.14. The molecule has 0 amide bonds. The van der Waals surface area contributed by atoms with Gasteiger partial charge in [0.05, 0.1) is 12.6 Å². The van der Waals surface area contributed by atoms with E-state index < -0.39 is 0 Å². The highest BCUT2D eigenvalue weighted by Crippen LogP contribution is 1.97. The number of aromatic nitrogens is 3. The smallest absolute Gasteiger partial charge is 0.147 e. The van der Waals surface area contributed by atoms with Gasteiger partial charge in [0.2, 0.25) is 0 Å². The molecule has 0 radical (unpaired) electrons. The van der Waals surface area contributed by atoms with Crippen molar-refractivity contribution in [3.05, 3.63) is 11.6 Å². The van der Waals surface area contributed by atoms with Crippen molar-refractivity contribution in [2.24, 2.45) is 0 Å². The molecule has 0 aliphatic carbocycles. The summed E-state index contributed by atoms with van der Waals surface area (Å²) in [5, 5.41) is 13.1. The molecule has 11 heavy (non-hydrogen) atoms. The van der Waals surface area contributed by atoms with E-state index in [2.05, 4.69) is 10.1 Å². The molecule has 0 unspecified atom stereocenters. The normalized spacial score (nSPS) is 13.5. The number of nitrogens with zero attached hydrogens (tertiary/aromatic N) is 3. The number of hydrogen-bond donors (Lipinski definition) is 1. The lowest BCUT2D eigenvalue weighted by Gasteiger charge is -2.04. The summed E-state index contributed by atoms with van der Waals surface area (Å²) >= 11 is 0. The molecule has 62 valence electrons. The maximum Gasteiger partial charge on any atom is 0.147 e. The van der Waals surface area contributed by atoms with E-state index in [4.69, 9.17) is 5.11 Å². The van der Waals surface area contributed by atoms with Gasteiger partial charge in [-0.05, 0) is 20.8 Å². The molecule has 1 atom stereocenters. The third-order valence-corrected chi connectivity index (χ3v) is 1.40. The van der Waals surface area contributed by atoms with Gasteiger partial charge in [0.15, 0.2) is 0 Å². The van der Waals surface area contributed by atoms with Crippen molar-refractivity contribution in [3.63, 3.8) is 0 Å². The summed E-state index contributed by atoms with van der Waals surface area (Å²) in [5.41, 5.74) is 0. The highest BCUT2D eigenvalue weighted by molar-refractivity contribution is 4.87. The Morgan fingerprint density at radius 1 is 1.55 bits per heavy atom. The molecule has 0 aliphatic rings. The van der Waals surface area contributed by atoms with Crippen LogP contribution in [0, 0.1) is 13.8 Å². The zero-order valence-corrected chi connectivity index (χ0v) is 7.07. The fourth-order valence-electron chi connectivity index (χ4n) is 0.985. The zero-order valence-electron chi connectivity index (χ0n) is 7.07. The summed E-state index contributed by atoms with van der Waals surface area (Å²) in [4.78, 5) is 4.10. The van der Waals surface area contributed by atoms with E-state index in [0.29, 0.717) is 6.54 Å². The third-order valence-electron chi connectivity index (χ3n) is 1.40. The van der Waals surface area contributed by atoms with E-state index in [1.165, 1.54) is 0 Å². The zero-order chi connectivity index (χ0) is 8.43. The minimum absolute atomic E-state index is 0.366. The summed E-state index contributed by atoms with van der Waals surface area (Å²) < 4.78 is 1.71. The number of aliphatic hydroxyl groups is 1. The molecule has 0 aliphatic heterocycles. The summed E-state index contributed by atoms with van der Waals surface area (Å²) in [6.45, 7) is 5.97. The van der Waals surface area contributed by atoms with Gasteiger partial charge in [0.25, 0.3) is 0 Å². The quantitative estimate of drug-likeness (QED) is 0.667. The lowest BCUT2D eigenvalue weighted by atomic mass is 10.4. The molecule has 1 N–H and O–H groups in total. The number of aliphatic hydroxyl groups excluding tert-OH is 1. The summed E-state index contributed by atoms with van der Waals surface area (Å²) in [5.74, 6) is 1.60. The predicted octanol–water partition coefficient (Wildman–Crippen LogP) is 0.276. The van der Waals surface area contributed by atoms with Crippen LogP contribution in [0.5, 0.6) is 0 Å². The van der Waals surface area contributed by atoms with Crippen molar-refractivity contribution in [2.45, 2.75) is 33.4 Å². The second-order valence-electron chi connectivity index (χ2n) is 2.74. The Balaban J connectivity index is 2.77. The number of rotatable bonds is 2. The van der Waals surface area contributed by atoms with Gasteiger partial charge in [0.1, 0.15) is 11.6 Å². The minimum Gasteiger partial charge on any atom is -0.391 e. The van der Waals surface area contributed by atoms with Crippen molar-refractivity contribution >= 4 is 0 Å². The minimum atomic E-state index is -0.366. The molecular formula is C7H13N3O. The van der Waals surface area contributed by atoms with Crippen molar-refractivity contribution in [3.8, 4) is 0 Å². The molecule has 4 heteroatoms. The highest BCUT2D eigenvalue weighted by Gasteiger charge is 2.03. The van der Waals surface area contributed by atoms with Gasteiger partial charge in [-0.25, -0.2) is 9.67 Å². The highest BCUT2D eigenvalue weighted by atomic mass is 16.3. The van der Waals surface area contributed by atoms with Crippen LogP contribution in [0.15, 0.2) is 0 Å². The van der Waals surface area contributed by atoms with Crippen LogP contribution in [-0.2, 0) is 6.54 Å². The van der Waals surface area contributed by atoms with Crippen LogP contribution in [0.1, 0.15) is 18.6 Å². The molecule has 1 aromatic heterocycles. The Bertz CT molecular complexity index is 242. The Kier molecular flexibility index (Phi) is 2.24. The van der Waals surface area contributed by atoms with Gasteiger partial charge >= 0.3 is 0 Å². The van der Waals surface area contributed by atoms with Crippen molar-refractivity contribution in [2.75, 3.05) is 0 Å². The molecule has 1 aromatic rings. The first-order valence-electron chi connectivity index (χ1n) is 3.65. The topological polar surface area (TPSA) is 50.9 Å². The van der Waals surface area contributed by atoms with Gasteiger partial charge in [-0.15, -0.1) is 0 Å². The van der Waals surface area contributed by atoms with Crippen LogP contribution in [0.3, 0.4) is 0 Å². The molecule has 0 fully saturated rings. The number of hydrogen-bond acceptors (Lipinski definition) is 3. The molecule has 0 spiro atoms. The van der Waals surface area contributed by atoms with Gasteiger partial charge < -0.3 is 5.11 Å². The lowest BCUT2D eigenvalue weighted by molar-refractivity contribution is 0.167. The van der Waals surface area contributed by atoms with Crippen molar-refractivity contribution < 1.29 is 5.11 Å². The molecule has 1 rings (SSSR count). The Labute approximate surface area is 65.9 Å². The van der Waals surface area contributed by atoms with Gasteiger partial charge in [-0.1, -0.05) is 0 Å². The summed E-state index contributed by atoms with van der Waals surface area (Å²) in [7, 11) is 0. The van der Waals surface area contributed by atoms with E-state index in [1.54, 1.807) is 11.6 Å². The standard InChI is InChI=1S/C7H13N3O/c1-5(11)4-10-7(3)8-6(2)9-10/h5,11H,4H2,1-3H3/t5-/m1/s1. The SMILES string of the molecule is Cc1nc(C)n(C[C@@H](C)O)n1. The predicted molar refractivity (Wildman–Crippen MR) is 41.2 cm³/mol. The Hall–Kier alpha value is -0.900. The second-order valence-corrected chi connectivity index (χ2v) is 2.74. The molecule has 1 heterocycles. The molecule has 0 bridgehead atoms. The van der Waals surface area contributed by atoms with Gasteiger partial charge in [-0.3, -0.25) is 0 Å². The maximum atomic E-state index is 9.05. The number of aryl methyl sites for hydroxylation is 2. The van der Waals surface area contributed by atoms with E-state index >= 15 is 0 Å². The largest absolute Gasteiger partial charge is 0.391 e. The van der Waals surface area contributed by atoms with Crippen molar-refractivity contribution in [1.82, 2.24) is 14.8 Å². The van der Waals surface area contributed by atoms with Crippen LogP contribution in [0.25, 0.3) is 0 Å². The molecule has 0 saturated carbocycles. The summed E-state index contributed by atoms with van der Waals surface area (Å²) in [6.07, 6.45) is -0.366. The van der Waals surface area contributed by atoms with Crippen LogP contribution < -0.4 is 0 Å². The van der Waals surface area contributed by atoms with Crippen LogP contribution in [-0.4, -0.2) is 26.0 Å². The second kappa shape index (κ2) is 3.00. The summed E-state index contributed by atoms with van der Waals surface area (Å²) in [6, 6.07) is 0. The van der Waals surface area contributed by atoms with Gasteiger partial charge in [-0.2, -0.15) is 5.10 Å². The van der Waals surface area contributed by atoms with Gasteiger partial charge in [0, 0.05) is 0 Å². The van der Waals surface area contributed by atoms with E-state index in [0.717, 1.165) is 11.6 Å². The average Bonchev–Trinajstić information content (AvgIpc) is 2.09. The molecular weight excluding hydrogens is 142 g/mol. The fourth-order valence-corrected chi connectivity index (χ4v) is 0.985. The van der Waals surface area contributed by atoms with Crippen LogP contribution >= 0.6 is 0 Å². The van der Waals surface area contributed by atoms with E-state index in [1.807, 2.05) is 13.8 Å². The molecule has 0 saturated heterocycles. The third kappa shape index (κ3) is 2.01. The molecule has 0 aromatic carbocycles. The first-order chi connectivity index (χ1) is 5.09. The molecule has 4 nitrogen and oxygen atoms in total. The van der Waals surface area contributed by atoms with Crippen LogP contribution in [0.2, 0.25) is 0 Å². The monoisotopic (exact) mass is 155 g/mol. The first-order valence-corrected chi connectivity index (χ1v) is 3.65. The first kappa shape index (κ1) is 8.20. The van der Waals surface area contributed by atoms with E-state index in [-0.39, 0.29) is 6.10 Å². The van der Waals surface area contributed by atoms with E-state index in [9.17, 15) is 0 Å². The fraction of sp³-hybridized carbons (Fsp3) is 0.714.